The van der Waals surface area contributed by atoms with E-state index in [9.17, 15) is 4.79 Å². The third-order valence-electron chi connectivity index (χ3n) is 3.53. The van der Waals surface area contributed by atoms with Crippen LogP contribution in [0.4, 0.5) is 0 Å². The molecule has 0 spiro atoms. The Morgan fingerprint density at radius 3 is 2.10 bits per heavy atom. The van der Waals surface area contributed by atoms with Crippen LogP contribution in [-0.4, -0.2) is 25.3 Å². The zero-order valence-corrected chi connectivity index (χ0v) is 14.2. The molecule has 1 atom stereocenters. The van der Waals surface area contributed by atoms with Crippen LogP contribution in [0.5, 0.6) is 0 Å². The Kier molecular flexibility index (Phi) is 15.3. The number of hydrogen-bond acceptors (Lipinski definition) is 4. The summed E-state index contributed by atoms with van der Waals surface area (Å²) in [6.45, 7) is 6.48. The highest BCUT2D eigenvalue weighted by Gasteiger charge is 2.06. The minimum absolute atomic E-state index is 0.297. The van der Waals surface area contributed by atoms with E-state index in [4.69, 9.17) is 9.62 Å². The first-order valence-electron chi connectivity index (χ1n) is 8.62. The first-order valence-corrected chi connectivity index (χ1v) is 8.62. The Balaban J connectivity index is 3.34. The molecule has 0 N–H and O–H groups in total. The lowest BCUT2D eigenvalue weighted by atomic mass is 10.0. The Morgan fingerprint density at radius 1 is 0.905 bits per heavy atom. The Hall–Kier alpha value is -0.610. The zero-order chi connectivity index (χ0) is 15.8. The molecule has 0 aliphatic carbocycles. The molecule has 0 aromatic carbocycles. The van der Waals surface area contributed by atoms with Crippen molar-refractivity contribution in [1.29, 1.82) is 0 Å². The molecule has 0 rings (SSSR count). The quantitative estimate of drug-likeness (QED) is 0.247. The van der Waals surface area contributed by atoms with Gasteiger partial charge in [-0.05, 0) is 12.8 Å². The van der Waals surface area contributed by atoms with E-state index < -0.39 is 5.97 Å². The van der Waals surface area contributed by atoms with E-state index in [0.29, 0.717) is 19.3 Å². The van der Waals surface area contributed by atoms with Gasteiger partial charge in [-0.2, -0.15) is 4.89 Å². The number of rotatable bonds is 15. The van der Waals surface area contributed by atoms with Gasteiger partial charge in [0.05, 0.1) is 12.7 Å². The van der Waals surface area contributed by atoms with Crippen LogP contribution in [0, 0.1) is 0 Å². The third-order valence-corrected chi connectivity index (χ3v) is 3.53. The van der Waals surface area contributed by atoms with Crippen LogP contribution in [0.1, 0.15) is 85.0 Å². The lowest BCUT2D eigenvalue weighted by Gasteiger charge is -2.15. The van der Waals surface area contributed by atoms with Crippen LogP contribution in [0.3, 0.4) is 0 Å². The van der Waals surface area contributed by atoms with E-state index >= 15 is 0 Å². The molecule has 4 nitrogen and oxygen atoms in total. The Labute approximate surface area is 130 Å². The molecule has 0 aliphatic heterocycles. The van der Waals surface area contributed by atoms with Crippen LogP contribution in [0.2, 0.25) is 0 Å². The summed E-state index contributed by atoms with van der Waals surface area (Å²) in [5.41, 5.74) is 0. The highest BCUT2D eigenvalue weighted by atomic mass is 17.2. The standard InChI is InChI=1S/C17H34O4/c1-4-6-7-8-9-10-11-12-13-17(5-2)19-14-15-20-21-16(3)18/h17H,4-15H2,1-3H3. The normalized spacial score (nSPS) is 12.3. The summed E-state index contributed by atoms with van der Waals surface area (Å²) in [4.78, 5) is 19.6. The van der Waals surface area contributed by atoms with Crippen molar-refractivity contribution in [3.63, 3.8) is 0 Å². The Bertz CT molecular complexity index is 231. The number of ether oxygens (including phenoxy) is 1. The summed E-state index contributed by atoms with van der Waals surface area (Å²) < 4.78 is 5.72. The van der Waals surface area contributed by atoms with E-state index in [0.717, 1.165) is 12.8 Å². The fraction of sp³-hybridized carbons (Fsp3) is 0.941. The molecule has 1 unspecified atom stereocenters. The van der Waals surface area contributed by atoms with E-state index in [-0.39, 0.29) is 0 Å². The number of carbonyl (C=O) groups is 1. The topological polar surface area (TPSA) is 44.8 Å². The van der Waals surface area contributed by atoms with Crippen LogP contribution >= 0.6 is 0 Å². The van der Waals surface area contributed by atoms with Gasteiger partial charge in [0, 0.05) is 6.92 Å². The monoisotopic (exact) mass is 302 g/mol. The molecule has 4 heteroatoms. The van der Waals surface area contributed by atoms with Crippen molar-refractivity contribution in [2.45, 2.75) is 91.1 Å². The second-order valence-electron chi connectivity index (χ2n) is 5.56. The lowest BCUT2D eigenvalue weighted by molar-refractivity contribution is -0.275. The average Bonchev–Trinajstić information content (AvgIpc) is 2.47. The molecule has 0 radical (unpaired) electrons. The molecule has 0 aliphatic rings. The zero-order valence-electron chi connectivity index (χ0n) is 14.2. The van der Waals surface area contributed by atoms with Crippen LogP contribution in [-0.2, 0) is 19.3 Å². The predicted octanol–water partition coefficient (Wildman–Crippen LogP) is 4.81. The van der Waals surface area contributed by atoms with Crippen molar-refractivity contribution in [3.05, 3.63) is 0 Å². The number of unbranched alkanes of at least 4 members (excludes halogenated alkanes) is 7. The van der Waals surface area contributed by atoms with Gasteiger partial charge in [0.25, 0.3) is 0 Å². The van der Waals surface area contributed by atoms with Crippen LogP contribution in [0.25, 0.3) is 0 Å². The Morgan fingerprint density at radius 2 is 1.52 bits per heavy atom. The van der Waals surface area contributed by atoms with Gasteiger partial charge in [-0.15, -0.1) is 0 Å². The second-order valence-corrected chi connectivity index (χ2v) is 5.56. The van der Waals surface area contributed by atoms with Crippen LogP contribution in [0.15, 0.2) is 0 Å². The summed E-state index contributed by atoms with van der Waals surface area (Å²) in [7, 11) is 0. The summed E-state index contributed by atoms with van der Waals surface area (Å²) in [6.07, 6.45) is 13.1. The van der Waals surface area contributed by atoms with Crippen molar-refractivity contribution in [1.82, 2.24) is 0 Å². The molecule has 0 aromatic rings. The molecule has 0 amide bonds. The first-order chi connectivity index (χ1) is 10.2. The van der Waals surface area contributed by atoms with Gasteiger partial charge in [0.2, 0.25) is 0 Å². The molecule has 0 heterocycles. The third kappa shape index (κ3) is 15.6. The second kappa shape index (κ2) is 15.8. The highest BCUT2D eigenvalue weighted by Crippen LogP contribution is 2.13. The smallest absolute Gasteiger partial charge is 0.339 e. The molecule has 21 heavy (non-hydrogen) atoms. The summed E-state index contributed by atoms with van der Waals surface area (Å²) >= 11 is 0. The molecule has 0 saturated heterocycles. The number of carbonyl (C=O) groups excluding carboxylic acids is 1. The largest absolute Gasteiger partial charge is 0.376 e. The highest BCUT2D eigenvalue weighted by molar-refractivity contribution is 5.65. The van der Waals surface area contributed by atoms with Gasteiger partial charge in [-0.1, -0.05) is 65.2 Å². The van der Waals surface area contributed by atoms with Crippen LogP contribution < -0.4 is 0 Å². The van der Waals surface area contributed by atoms with Crippen molar-refractivity contribution in [3.8, 4) is 0 Å². The molecule has 0 bridgehead atoms. The predicted molar refractivity (Wildman–Crippen MR) is 85.0 cm³/mol. The lowest BCUT2D eigenvalue weighted by Crippen LogP contribution is -2.16. The van der Waals surface area contributed by atoms with Gasteiger partial charge in [0.15, 0.2) is 0 Å². The molecule has 126 valence electrons. The molecule has 0 fully saturated rings. The maximum absolute atomic E-state index is 10.5. The first kappa shape index (κ1) is 20.4. The van der Waals surface area contributed by atoms with Gasteiger partial charge in [0.1, 0.15) is 6.61 Å². The van der Waals surface area contributed by atoms with E-state index in [1.807, 2.05) is 0 Å². The van der Waals surface area contributed by atoms with Gasteiger partial charge in [-0.3, -0.25) is 4.89 Å². The van der Waals surface area contributed by atoms with Crippen molar-refractivity contribution < 1.29 is 19.3 Å². The molecule has 0 saturated carbocycles. The van der Waals surface area contributed by atoms with Gasteiger partial charge in [-0.25, -0.2) is 4.79 Å². The summed E-state index contributed by atoms with van der Waals surface area (Å²) in [5, 5.41) is 0. The maximum Gasteiger partial charge on any atom is 0.339 e. The average molecular weight is 302 g/mol. The summed E-state index contributed by atoms with van der Waals surface area (Å²) in [5.74, 6) is -0.430. The number of hydrogen-bond donors (Lipinski definition) is 0. The maximum atomic E-state index is 10.5. The summed E-state index contributed by atoms with van der Waals surface area (Å²) in [6, 6.07) is 0. The fourth-order valence-electron chi connectivity index (χ4n) is 2.28. The van der Waals surface area contributed by atoms with Crippen molar-refractivity contribution >= 4 is 5.97 Å². The van der Waals surface area contributed by atoms with Crippen molar-refractivity contribution in [2.24, 2.45) is 0 Å². The minimum atomic E-state index is -0.430. The van der Waals surface area contributed by atoms with E-state index in [1.54, 1.807) is 0 Å². The fourth-order valence-corrected chi connectivity index (χ4v) is 2.28. The molecular weight excluding hydrogens is 268 g/mol. The van der Waals surface area contributed by atoms with Gasteiger partial charge < -0.3 is 4.74 Å². The minimum Gasteiger partial charge on any atom is -0.376 e. The van der Waals surface area contributed by atoms with E-state index in [2.05, 4.69) is 18.7 Å². The van der Waals surface area contributed by atoms with Crippen molar-refractivity contribution in [2.75, 3.05) is 13.2 Å². The van der Waals surface area contributed by atoms with E-state index in [1.165, 1.54) is 58.3 Å². The molecule has 0 aromatic heterocycles. The SMILES string of the molecule is CCCCCCCCCCC(CC)OCCOOC(C)=O. The van der Waals surface area contributed by atoms with Gasteiger partial charge >= 0.3 is 5.97 Å². The molecular formula is C17H34O4.